The van der Waals surface area contributed by atoms with Crippen molar-refractivity contribution in [2.45, 2.75) is 0 Å². The number of benzene rings is 1. The summed E-state index contributed by atoms with van der Waals surface area (Å²) in [5.74, 6) is 0.747. The SMILES string of the molecule is CN(C)c1ccc(Nc2ncc(Cl)cc2Br)cc1. The summed E-state index contributed by atoms with van der Waals surface area (Å²) in [5, 5.41) is 3.84. The van der Waals surface area contributed by atoms with Gasteiger partial charge in [0.15, 0.2) is 0 Å². The van der Waals surface area contributed by atoms with Gasteiger partial charge in [-0.1, -0.05) is 11.6 Å². The average Bonchev–Trinajstić information content (AvgIpc) is 2.33. The maximum absolute atomic E-state index is 5.85. The van der Waals surface area contributed by atoms with Gasteiger partial charge in [0.25, 0.3) is 0 Å². The fourth-order valence-corrected chi connectivity index (χ4v) is 2.22. The molecule has 1 aromatic carbocycles. The number of pyridine rings is 1. The molecule has 2 rings (SSSR count). The van der Waals surface area contributed by atoms with E-state index in [1.807, 2.05) is 44.4 Å². The molecule has 0 unspecified atom stereocenters. The third-order valence-corrected chi connectivity index (χ3v) is 3.27. The van der Waals surface area contributed by atoms with Crippen molar-refractivity contribution >= 4 is 44.7 Å². The fraction of sp³-hybridized carbons (Fsp3) is 0.154. The van der Waals surface area contributed by atoms with Crippen molar-refractivity contribution in [1.29, 1.82) is 0 Å². The number of halogens is 2. The van der Waals surface area contributed by atoms with Gasteiger partial charge < -0.3 is 10.2 Å². The molecule has 0 aliphatic heterocycles. The molecule has 0 aliphatic carbocycles. The summed E-state index contributed by atoms with van der Waals surface area (Å²) < 4.78 is 0.840. The van der Waals surface area contributed by atoms with Crippen LogP contribution in [0, 0.1) is 0 Å². The lowest BCUT2D eigenvalue weighted by Crippen LogP contribution is -2.08. The molecule has 2 aromatic rings. The van der Waals surface area contributed by atoms with Crippen LogP contribution in [0.4, 0.5) is 17.2 Å². The van der Waals surface area contributed by atoms with Gasteiger partial charge in [-0.25, -0.2) is 4.98 Å². The van der Waals surface area contributed by atoms with Crippen molar-refractivity contribution in [3.63, 3.8) is 0 Å². The van der Waals surface area contributed by atoms with Gasteiger partial charge in [-0.15, -0.1) is 0 Å². The highest BCUT2D eigenvalue weighted by Gasteiger charge is 2.03. The minimum atomic E-state index is 0.607. The van der Waals surface area contributed by atoms with Gasteiger partial charge in [0.2, 0.25) is 0 Å². The molecule has 0 radical (unpaired) electrons. The zero-order valence-corrected chi connectivity index (χ0v) is 12.5. The van der Waals surface area contributed by atoms with E-state index in [0.29, 0.717) is 5.02 Å². The monoisotopic (exact) mass is 325 g/mol. The number of anilines is 3. The van der Waals surface area contributed by atoms with Gasteiger partial charge in [-0.2, -0.15) is 0 Å². The Morgan fingerprint density at radius 2 is 1.89 bits per heavy atom. The first-order valence-electron chi connectivity index (χ1n) is 5.42. The molecule has 0 atom stereocenters. The van der Waals surface area contributed by atoms with Gasteiger partial charge in [-0.3, -0.25) is 0 Å². The Hall–Kier alpha value is -1.26. The number of hydrogen-bond acceptors (Lipinski definition) is 3. The maximum Gasteiger partial charge on any atom is 0.144 e. The van der Waals surface area contributed by atoms with E-state index in [1.54, 1.807) is 6.20 Å². The van der Waals surface area contributed by atoms with E-state index < -0.39 is 0 Å². The molecule has 0 spiro atoms. The third kappa shape index (κ3) is 3.15. The van der Waals surface area contributed by atoms with Crippen LogP contribution in [0.2, 0.25) is 5.02 Å². The van der Waals surface area contributed by atoms with Crippen LogP contribution in [0.5, 0.6) is 0 Å². The van der Waals surface area contributed by atoms with E-state index in [1.165, 1.54) is 0 Å². The maximum atomic E-state index is 5.85. The van der Waals surface area contributed by atoms with Gasteiger partial charge >= 0.3 is 0 Å². The van der Waals surface area contributed by atoms with Gasteiger partial charge in [0.05, 0.1) is 9.50 Å². The zero-order valence-electron chi connectivity index (χ0n) is 10.1. The molecule has 0 amide bonds. The molecular weight excluding hydrogens is 314 g/mol. The Balaban J connectivity index is 2.18. The van der Waals surface area contributed by atoms with Gasteiger partial charge in [0.1, 0.15) is 5.82 Å². The van der Waals surface area contributed by atoms with Crippen LogP contribution in [0.3, 0.4) is 0 Å². The Morgan fingerprint density at radius 3 is 2.44 bits per heavy atom. The van der Waals surface area contributed by atoms with Crippen molar-refractivity contribution in [3.05, 3.63) is 46.0 Å². The van der Waals surface area contributed by atoms with Gasteiger partial charge in [-0.05, 0) is 46.3 Å². The molecule has 1 heterocycles. The summed E-state index contributed by atoms with van der Waals surface area (Å²) in [4.78, 5) is 6.29. The third-order valence-electron chi connectivity index (χ3n) is 2.45. The first-order chi connectivity index (χ1) is 8.56. The molecule has 94 valence electrons. The molecular formula is C13H13BrClN3. The summed E-state index contributed by atoms with van der Waals surface area (Å²) in [6.45, 7) is 0. The van der Waals surface area contributed by atoms with Crippen LogP contribution in [0.15, 0.2) is 41.0 Å². The smallest absolute Gasteiger partial charge is 0.144 e. The molecule has 18 heavy (non-hydrogen) atoms. The van der Waals surface area contributed by atoms with E-state index in [-0.39, 0.29) is 0 Å². The molecule has 3 nitrogen and oxygen atoms in total. The first kappa shape index (κ1) is 13.2. The molecule has 1 aromatic heterocycles. The second-order valence-electron chi connectivity index (χ2n) is 4.05. The van der Waals surface area contributed by atoms with E-state index in [0.717, 1.165) is 21.7 Å². The highest BCUT2D eigenvalue weighted by molar-refractivity contribution is 9.10. The van der Waals surface area contributed by atoms with Crippen molar-refractivity contribution in [1.82, 2.24) is 4.98 Å². The predicted octanol–water partition coefficient (Wildman–Crippen LogP) is 4.31. The Bertz CT molecular complexity index is 540. The number of nitrogens with one attached hydrogen (secondary N) is 1. The molecule has 5 heteroatoms. The molecule has 0 saturated carbocycles. The van der Waals surface area contributed by atoms with Crippen molar-refractivity contribution in [3.8, 4) is 0 Å². The van der Waals surface area contributed by atoms with Crippen LogP contribution in [0.25, 0.3) is 0 Å². The summed E-state index contributed by atoms with van der Waals surface area (Å²) in [6, 6.07) is 9.93. The van der Waals surface area contributed by atoms with Crippen LogP contribution in [-0.2, 0) is 0 Å². The minimum Gasteiger partial charge on any atom is -0.378 e. The quantitative estimate of drug-likeness (QED) is 0.911. The van der Waals surface area contributed by atoms with Crippen LogP contribution >= 0.6 is 27.5 Å². The summed E-state index contributed by atoms with van der Waals surface area (Å²) >= 11 is 9.27. The minimum absolute atomic E-state index is 0.607. The lowest BCUT2D eigenvalue weighted by molar-refractivity contribution is 1.13. The number of nitrogens with zero attached hydrogens (tertiary/aromatic N) is 2. The van der Waals surface area contributed by atoms with Crippen molar-refractivity contribution in [2.75, 3.05) is 24.3 Å². The Labute approximate surface area is 120 Å². The van der Waals surface area contributed by atoms with Crippen molar-refractivity contribution < 1.29 is 0 Å². The lowest BCUT2D eigenvalue weighted by atomic mass is 10.2. The highest BCUT2D eigenvalue weighted by atomic mass is 79.9. The van der Waals surface area contributed by atoms with Gasteiger partial charge in [0, 0.05) is 31.7 Å². The summed E-state index contributed by atoms with van der Waals surface area (Å²) in [7, 11) is 4.03. The topological polar surface area (TPSA) is 28.2 Å². The molecule has 0 aliphatic rings. The second-order valence-corrected chi connectivity index (χ2v) is 5.34. The van der Waals surface area contributed by atoms with Crippen molar-refractivity contribution in [2.24, 2.45) is 0 Å². The second kappa shape index (κ2) is 5.59. The van der Waals surface area contributed by atoms with Crippen LogP contribution in [0.1, 0.15) is 0 Å². The highest BCUT2D eigenvalue weighted by Crippen LogP contribution is 2.26. The number of hydrogen-bond donors (Lipinski definition) is 1. The number of aromatic nitrogens is 1. The molecule has 1 N–H and O–H groups in total. The molecule has 0 bridgehead atoms. The average molecular weight is 327 g/mol. The van der Waals surface area contributed by atoms with E-state index in [2.05, 4.69) is 31.1 Å². The standard InChI is InChI=1S/C13H13BrClN3/c1-18(2)11-5-3-10(4-6-11)17-13-12(14)7-9(15)8-16-13/h3-8H,1-2H3,(H,16,17). The molecule has 0 saturated heterocycles. The lowest BCUT2D eigenvalue weighted by Gasteiger charge is -2.13. The normalized spacial score (nSPS) is 10.2. The fourth-order valence-electron chi connectivity index (χ4n) is 1.49. The summed E-state index contributed by atoms with van der Waals surface area (Å²) in [6.07, 6.45) is 1.61. The number of rotatable bonds is 3. The zero-order chi connectivity index (χ0) is 13.1. The predicted molar refractivity (Wildman–Crippen MR) is 81.0 cm³/mol. The largest absolute Gasteiger partial charge is 0.378 e. The summed E-state index contributed by atoms with van der Waals surface area (Å²) in [5.41, 5.74) is 2.14. The van der Waals surface area contributed by atoms with E-state index >= 15 is 0 Å². The Kier molecular flexibility index (Phi) is 4.09. The first-order valence-corrected chi connectivity index (χ1v) is 6.59. The van der Waals surface area contributed by atoms with Crippen LogP contribution < -0.4 is 10.2 Å². The van der Waals surface area contributed by atoms with E-state index in [4.69, 9.17) is 11.6 Å². The van der Waals surface area contributed by atoms with E-state index in [9.17, 15) is 0 Å². The molecule has 0 fully saturated rings. The Morgan fingerprint density at radius 1 is 1.22 bits per heavy atom. The van der Waals surface area contributed by atoms with Crippen LogP contribution in [-0.4, -0.2) is 19.1 Å².